The smallest absolute Gasteiger partial charge is 0.328 e. The van der Waals surface area contributed by atoms with Crippen LogP contribution in [-0.2, 0) is 4.79 Å². The average Bonchev–Trinajstić information content (AvgIpc) is 3.22. The summed E-state index contributed by atoms with van der Waals surface area (Å²) in [6, 6.07) is 21.8. The molecule has 35 heavy (non-hydrogen) atoms. The minimum atomic E-state index is -1.28. The van der Waals surface area contributed by atoms with E-state index in [1.165, 1.54) is 12.0 Å². The maximum absolute atomic E-state index is 14.6. The van der Waals surface area contributed by atoms with Gasteiger partial charge in [-0.1, -0.05) is 48.9 Å². The maximum Gasteiger partial charge on any atom is 0.328 e. The van der Waals surface area contributed by atoms with Crippen LogP contribution in [-0.4, -0.2) is 18.2 Å². The van der Waals surface area contributed by atoms with E-state index in [9.17, 15) is 9.18 Å². The molecule has 3 aromatic carbocycles. The first-order valence-electron chi connectivity index (χ1n) is 11.7. The first-order valence-corrected chi connectivity index (χ1v) is 11.7. The third-order valence-electron chi connectivity index (χ3n) is 6.73. The van der Waals surface area contributed by atoms with Gasteiger partial charge in [-0.2, -0.15) is 0 Å². The van der Waals surface area contributed by atoms with Gasteiger partial charge in [-0.25, -0.2) is 14.6 Å². The lowest BCUT2D eigenvalue weighted by Gasteiger charge is -2.32. The fraction of sp³-hybridized carbons (Fsp3) is 0.207. The topological polar surface area (TPSA) is 70.6 Å². The fourth-order valence-corrected chi connectivity index (χ4v) is 4.74. The minimum Gasteiger partial charge on any atom is -0.497 e. The van der Waals surface area contributed by atoms with Crippen molar-refractivity contribution in [3.63, 3.8) is 0 Å². The maximum atomic E-state index is 14.6. The third-order valence-corrected chi connectivity index (χ3v) is 6.73. The second-order valence-electron chi connectivity index (χ2n) is 8.88. The monoisotopic (exact) mass is 470 g/mol. The highest BCUT2D eigenvalue weighted by molar-refractivity contribution is 6.00. The Morgan fingerprint density at radius 2 is 1.80 bits per heavy atom. The first kappa shape index (κ1) is 22.9. The van der Waals surface area contributed by atoms with Crippen molar-refractivity contribution in [1.29, 1.82) is 0 Å². The van der Waals surface area contributed by atoms with Crippen LogP contribution in [0.4, 0.5) is 10.1 Å². The molecule has 1 atom stereocenters. The number of carboxylic acids is 1. The lowest BCUT2D eigenvalue weighted by atomic mass is 9.73. The summed E-state index contributed by atoms with van der Waals surface area (Å²) in [6.45, 7) is 0. The predicted molar refractivity (Wildman–Crippen MR) is 136 cm³/mol. The van der Waals surface area contributed by atoms with Crippen molar-refractivity contribution in [2.24, 2.45) is 5.92 Å². The average molecular weight is 471 g/mol. The largest absolute Gasteiger partial charge is 0.497 e. The molecule has 1 heterocycles. The van der Waals surface area contributed by atoms with Crippen LogP contribution in [0.2, 0.25) is 0 Å². The lowest BCUT2D eigenvalue weighted by Crippen LogP contribution is -2.15. The number of fused-ring (bicyclic) bond motifs is 1. The van der Waals surface area contributed by atoms with Crippen molar-refractivity contribution in [3.05, 3.63) is 101 Å². The molecule has 0 amide bonds. The minimum absolute atomic E-state index is 0.384. The van der Waals surface area contributed by atoms with Gasteiger partial charge in [-0.15, -0.1) is 0 Å². The summed E-state index contributed by atoms with van der Waals surface area (Å²) >= 11 is 0. The highest BCUT2D eigenvalue weighted by atomic mass is 19.1. The standard InChI is InChI=1S/C29H27FN2O3/c1-35-23-7-3-6-21(16-23)27(19-4-2-5-19)28(20-11-8-18(9-12-20)10-15-26(33)34)22-13-14-25-24(17-22)29(30)32-31-25/h3,6-17,19,29,31-32H,2,4-5H2,1H3,(H,33,34)/b15-10+,28-27+. The van der Waals surface area contributed by atoms with E-state index in [1.807, 2.05) is 54.6 Å². The first-order chi connectivity index (χ1) is 17.0. The van der Waals surface area contributed by atoms with E-state index in [1.54, 1.807) is 13.2 Å². The van der Waals surface area contributed by atoms with E-state index in [4.69, 9.17) is 9.84 Å². The summed E-state index contributed by atoms with van der Waals surface area (Å²) in [4.78, 5) is 10.9. The molecule has 0 aromatic heterocycles. The number of hydrogen-bond acceptors (Lipinski definition) is 4. The summed E-state index contributed by atoms with van der Waals surface area (Å²) in [5, 5.41) is 8.96. The molecule has 0 bridgehead atoms. The van der Waals surface area contributed by atoms with E-state index in [-0.39, 0.29) is 0 Å². The van der Waals surface area contributed by atoms with Crippen LogP contribution < -0.4 is 15.6 Å². The number of ether oxygens (including phenoxy) is 1. The number of aliphatic carboxylic acids is 1. The highest BCUT2D eigenvalue weighted by Crippen LogP contribution is 2.46. The number of carboxylic acid groups (broad SMARTS) is 1. The summed E-state index contributed by atoms with van der Waals surface area (Å²) in [5.74, 6) is 0.189. The Labute approximate surface area is 203 Å². The normalized spacial score (nSPS) is 17.9. The van der Waals surface area contributed by atoms with Gasteiger partial charge in [0.1, 0.15) is 5.75 Å². The number of methoxy groups -OCH3 is 1. The molecule has 0 spiro atoms. The van der Waals surface area contributed by atoms with Crippen molar-refractivity contribution in [1.82, 2.24) is 5.43 Å². The number of halogens is 1. The van der Waals surface area contributed by atoms with Gasteiger partial charge in [0.2, 0.25) is 0 Å². The van der Waals surface area contributed by atoms with Gasteiger partial charge < -0.3 is 15.3 Å². The number of carbonyl (C=O) groups is 1. The summed E-state index contributed by atoms with van der Waals surface area (Å²) in [5.41, 5.74) is 13.0. The number of rotatable bonds is 7. The van der Waals surface area contributed by atoms with Gasteiger partial charge in [-0.05, 0) is 82.5 Å². The molecule has 178 valence electrons. The van der Waals surface area contributed by atoms with Crippen LogP contribution in [0, 0.1) is 5.92 Å². The molecule has 0 radical (unpaired) electrons. The summed E-state index contributed by atoms with van der Waals surface area (Å²) in [7, 11) is 1.66. The van der Waals surface area contributed by atoms with Crippen molar-refractivity contribution in [2.45, 2.75) is 25.6 Å². The molecule has 3 aromatic rings. The Bertz CT molecular complexity index is 1310. The van der Waals surface area contributed by atoms with Gasteiger partial charge in [0.25, 0.3) is 0 Å². The molecule has 3 N–H and O–H groups in total. The predicted octanol–water partition coefficient (Wildman–Crippen LogP) is 6.45. The SMILES string of the molecule is COc1cccc(/C(=C(\c2ccc(/C=C/C(=O)O)cc2)c2ccc3c(c2)C(F)NN3)C2CCC2)c1. The molecule has 1 fully saturated rings. The molecular weight excluding hydrogens is 443 g/mol. The summed E-state index contributed by atoms with van der Waals surface area (Å²) in [6.07, 6.45) is 4.78. The van der Waals surface area contributed by atoms with Gasteiger partial charge in [-0.3, -0.25) is 0 Å². The van der Waals surface area contributed by atoms with Crippen LogP contribution >= 0.6 is 0 Å². The van der Waals surface area contributed by atoms with Gasteiger partial charge >= 0.3 is 5.97 Å². The Hall–Kier alpha value is -3.90. The van der Waals surface area contributed by atoms with Crippen LogP contribution in [0.25, 0.3) is 17.2 Å². The molecular formula is C29H27FN2O3. The quantitative estimate of drug-likeness (QED) is 0.210. The molecule has 1 saturated carbocycles. The number of hydrogen-bond donors (Lipinski definition) is 3. The number of anilines is 1. The van der Waals surface area contributed by atoms with Gasteiger partial charge in [0.15, 0.2) is 6.30 Å². The molecule has 6 heteroatoms. The van der Waals surface area contributed by atoms with Crippen molar-refractivity contribution < 1.29 is 19.0 Å². The van der Waals surface area contributed by atoms with Crippen molar-refractivity contribution in [2.75, 3.05) is 12.5 Å². The van der Waals surface area contributed by atoms with E-state index in [0.717, 1.165) is 58.2 Å². The number of allylic oxidation sites excluding steroid dienone is 1. The Kier molecular flexibility index (Phi) is 6.38. The van der Waals surface area contributed by atoms with E-state index >= 15 is 0 Å². The zero-order valence-corrected chi connectivity index (χ0v) is 19.4. The van der Waals surface area contributed by atoms with E-state index in [2.05, 4.69) is 23.0 Å². The van der Waals surface area contributed by atoms with Crippen LogP contribution in [0.15, 0.2) is 72.8 Å². The molecule has 2 aliphatic rings. The van der Waals surface area contributed by atoms with Crippen molar-refractivity contribution in [3.8, 4) is 5.75 Å². The second-order valence-corrected chi connectivity index (χ2v) is 8.88. The van der Waals surface area contributed by atoms with Gasteiger partial charge in [0, 0.05) is 11.6 Å². The third kappa shape index (κ3) is 4.70. The summed E-state index contributed by atoms with van der Waals surface area (Å²) < 4.78 is 20.1. The highest BCUT2D eigenvalue weighted by Gasteiger charge is 2.29. The molecule has 1 unspecified atom stereocenters. The number of alkyl halides is 1. The molecule has 1 aliphatic carbocycles. The van der Waals surface area contributed by atoms with Crippen LogP contribution in [0.3, 0.4) is 0 Å². The Balaban J connectivity index is 1.71. The number of benzene rings is 3. The fourth-order valence-electron chi connectivity index (χ4n) is 4.74. The molecule has 0 saturated heterocycles. The number of hydrazine groups is 1. The Morgan fingerprint density at radius 3 is 2.49 bits per heavy atom. The van der Waals surface area contributed by atoms with Crippen LogP contribution in [0.5, 0.6) is 5.75 Å². The van der Waals surface area contributed by atoms with Crippen molar-refractivity contribution >= 4 is 28.9 Å². The Morgan fingerprint density at radius 1 is 1.03 bits per heavy atom. The lowest BCUT2D eigenvalue weighted by molar-refractivity contribution is -0.131. The van der Waals surface area contributed by atoms with E-state index < -0.39 is 12.3 Å². The van der Waals surface area contributed by atoms with Crippen LogP contribution in [0.1, 0.15) is 53.4 Å². The molecule has 1 aliphatic heterocycles. The molecule has 5 nitrogen and oxygen atoms in total. The second kappa shape index (κ2) is 9.76. The zero-order valence-electron chi connectivity index (χ0n) is 19.4. The van der Waals surface area contributed by atoms with Gasteiger partial charge in [0.05, 0.1) is 12.8 Å². The zero-order chi connectivity index (χ0) is 24.4. The molecule has 5 rings (SSSR count). The van der Waals surface area contributed by atoms with E-state index in [0.29, 0.717) is 11.5 Å². The number of nitrogens with one attached hydrogen (secondary N) is 2.